The first kappa shape index (κ1) is 25.4. The predicted molar refractivity (Wildman–Crippen MR) is 127 cm³/mol. The lowest BCUT2D eigenvalue weighted by Crippen LogP contribution is -2.51. The first-order valence-corrected chi connectivity index (χ1v) is 10.8. The molecule has 3 amide bonds. The average Bonchev–Trinajstić information content (AvgIpc) is 3.08. The summed E-state index contributed by atoms with van der Waals surface area (Å²) in [6, 6.07) is 9.50. The molecule has 1 heterocycles. The van der Waals surface area contributed by atoms with E-state index in [9.17, 15) is 9.59 Å². The Morgan fingerprint density at radius 1 is 1.09 bits per heavy atom. The van der Waals surface area contributed by atoms with Gasteiger partial charge >= 0.3 is 6.03 Å². The molecule has 0 aliphatic rings. The first-order valence-electron chi connectivity index (χ1n) is 10.8. The van der Waals surface area contributed by atoms with Gasteiger partial charge in [0, 0.05) is 30.7 Å². The van der Waals surface area contributed by atoms with E-state index in [2.05, 4.69) is 31.4 Å². The Hall–Kier alpha value is -2.87. The fourth-order valence-corrected chi connectivity index (χ4v) is 2.93. The normalized spacial score (nSPS) is 11.9. The SMILES string of the molecule is COCCN(CC(=O)Nc1cc(C(C)(C)C)nn1-c1ccc(C)cc1)C(=O)NC(C)(C)C. The molecule has 1 aromatic heterocycles. The number of carbonyl (C=O) groups is 2. The third-order valence-corrected chi connectivity index (χ3v) is 4.69. The minimum Gasteiger partial charge on any atom is -0.383 e. The summed E-state index contributed by atoms with van der Waals surface area (Å²) in [4.78, 5) is 27.1. The summed E-state index contributed by atoms with van der Waals surface area (Å²) < 4.78 is 6.84. The van der Waals surface area contributed by atoms with Crippen LogP contribution in [0.1, 0.15) is 52.8 Å². The van der Waals surface area contributed by atoms with Crippen LogP contribution in [0.15, 0.2) is 30.3 Å². The van der Waals surface area contributed by atoms with Crippen molar-refractivity contribution < 1.29 is 14.3 Å². The zero-order chi connectivity index (χ0) is 24.1. The summed E-state index contributed by atoms with van der Waals surface area (Å²) >= 11 is 0. The lowest BCUT2D eigenvalue weighted by molar-refractivity contribution is -0.116. The van der Waals surface area contributed by atoms with Crippen LogP contribution in [0.3, 0.4) is 0 Å². The zero-order valence-corrected chi connectivity index (χ0v) is 20.6. The Kier molecular flexibility index (Phi) is 8.07. The lowest BCUT2D eigenvalue weighted by atomic mass is 9.92. The van der Waals surface area contributed by atoms with Gasteiger partial charge in [0.15, 0.2) is 0 Å². The predicted octanol–water partition coefficient (Wildman–Crippen LogP) is 3.87. The highest BCUT2D eigenvalue weighted by Crippen LogP contribution is 2.26. The number of urea groups is 1. The number of methoxy groups -OCH3 is 1. The zero-order valence-electron chi connectivity index (χ0n) is 20.6. The Morgan fingerprint density at radius 3 is 2.25 bits per heavy atom. The molecule has 2 N–H and O–H groups in total. The van der Waals surface area contributed by atoms with E-state index in [1.54, 1.807) is 11.8 Å². The molecule has 0 aliphatic heterocycles. The molecule has 0 spiro atoms. The number of hydrogen-bond donors (Lipinski definition) is 2. The maximum Gasteiger partial charge on any atom is 0.318 e. The van der Waals surface area contributed by atoms with Gasteiger partial charge in [-0.2, -0.15) is 5.10 Å². The van der Waals surface area contributed by atoms with E-state index < -0.39 is 5.54 Å². The number of nitrogens with one attached hydrogen (secondary N) is 2. The number of amides is 3. The molecule has 0 saturated carbocycles. The van der Waals surface area contributed by atoms with Gasteiger partial charge in [0.1, 0.15) is 12.4 Å². The number of benzene rings is 1. The molecule has 0 fully saturated rings. The van der Waals surface area contributed by atoms with Gasteiger partial charge in [-0.1, -0.05) is 38.5 Å². The van der Waals surface area contributed by atoms with Crippen molar-refractivity contribution in [3.8, 4) is 5.69 Å². The third-order valence-electron chi connectivity index (χ3n) is 4.69. The number of nitrogens with zero attached hydrogens (tertiary/aromatic N) is 3. The smallest absolute Gasteiger partial charge is 0.318 e. The van der Waals surface area contributed by atoms with Gasteiger partial charge in [0.25, 0.3) is 0 Å². The van der Waals surface area contributed by atoms with Gasteiger partial charge in [0.2, 0.25) is 5.91 Å². The van der Waals surface area contributed by atoms with Crippen molar-refractivity contribution in [1.29, 1.82) is 0 Å². The molecule has 0 bridgehead atoms. The van der Waals surface area contributed by atoms with Gasteiger partial charge in [-0.25, -0.2) is 9.48 Å². The molecule has 0 aliphatic carbocycles. The highest BCUT2D eigenvalue weighted by molar-refractivity contribution is 5.94. The molecule has 8 nitrogen and oxygen atoms in total. The summed E-state index contributed by atoms with van der Waals surface area (Å²) in [5, 5.41) is 10.6. The van der Waals surface area contributed by atoms with Gasteiger partial charge in [-0.15, -0.1) is 0 Å². The summed E-state index contributed by atoms with van der Waals surface area (Å²) in [7, 11) is 1.56. The minimum absolute atomic E-state index is 0.102. The number of aromatic nitrogens is 2. The van der Waals surface area contributed by atoms with Crippen LogP contribution >= 0.6 is 0 Å². The second kappa shape index (κ2) is 10.2. The van der Waals surface area contributed by atoms with E-state index in [1.807, 2.05) is 58.0 Å². The quantitative estimate of drug-likeness (QED) is 0.680. The van der Waals surface area contributed by atoms with Crippen LogP contribution in [0.2, 0.25) is 0 Å². The fraction of sp³-hybridized carbons (Fsp3) is 0.542. The fourth-order valence-electron chi connectivity index (χ4n) is 2.93. The number of ether oxygens (including phenoxy) is 1. The topological polar surface area (TPSA) is 88.5 Å². The van der Waals surface area contributed by atoms with Crippen molar-refractivity contribution in [3.63, 3.8) is 0 Å². The van der Waals surface area contributed by atoms with Crippen LogP contribution in [0.5, 0.6) is 0 Å². The highest BCUT2D eigenvalue weighted by Gasteiger charge is 2.24. The number of rotatable bonds is 7. The van der Waals surface area contributed by atoms with Crippen LogP contribution in [-0.4, -0.2) is 59.0 Å². The molecular formula is C24H37N5O3. The molecule has 8 heteroatoms. The van der Waals surface area contributed by atoms with E-state index in [4.69, 9.17) is 9.84 Å². The Balaban J connectivity index is 2.27. The summed E-state index contributed by atoms with van der Waals surface area (Å²) in [6.45, 7) is 14.5. The van der Waals surface area contributed by atoms with Gasteiger partial charge < -0.3 is 20.3 Å². The standard InChI is InChI=1S/C24H37N5O3/c1-17-9-11-18(12-10-17)29-20(15-19(27-29)23(2,3)4)25-21(30)16-28(13-14-32-8)22(31)26-24(5,6)7/h9-12,15H,13-14,16H2,1-8H3,(H,25,30)(H,26,31). The van der Waals surface area contributed by atoms with Gasteiger partial charge in [0.05, 0.1) is 18.0 Å². The molecule has 1 aromatic carbocycles. The molecule has 2 aromatic rings. The molecule has 0 atom stereocenters. The summed E-state index contributed by atoms with van der Waals surface area (Å²) in [6.07, 6.45) is 0. The number of anilines is 1. The highest BCUT2D eigenvalue weighted by atomic mass is 16.5. The average molecular weight is 444 g/mol. The van der Waals surface area contributed by atoms with Crippen molar-refractivity contribution in [1.82, 2.24) is 20.0 Å². The van der Waals surface area contributed by atoms with E-state index in [0.29, 0.717) is 19.0 Å². The van der Waals surface area contributed by atoms with Gasteiger partial charge in [-0.05, 0) is 39.8 Å². The first-order chi connectivity index (χ1) is 14.8. The molecule has 2 rings (SSSR count). The molecule has 0 radical (unpaired) electrons. The van der Waals surface area contributed by atoms with E-state index >= 15 is 0 Å². The molecule has 176 valence electrons. The maximum atomic E-state index is 12.9. The summed E-state index contributed by atoms with van der Waals surface area (Å²) in [5.41, 5.74) is 2.25. The Morgan fingerprint density at radius 2 is 1.72 bits per heavy atom. The number of aryl methyl sites for hydroxylation is 1. The van der Waals surface area contributed by atoms with Crippen molar-refractivity contribution in [2.45, 2.75) is 59.4 Å². The molecule has 0 saturated heterocycles. The summed E-state index contributed by atoms with van der Waals surface area (Å²) in [5.74, 6) is 0.255. The van der Waals surface area contributed by atoms with Crippen LogP contribution in [0.25, 0.3) is 5.69 Å². The van der Waals surface area contributed by atoms with Crippen molar-refractivity contribution in [2.75, 3.05) is 32.1 Å². The van der Waals surface area contributed by atoms with Crippen LogP contribution in [0.4, 0.5) is 10.6 Å². The van der Waals surface area contributed by atoms with Crippen LogP contribution in [-0.2, 0) is 14.9 Å². The molecule has 32 heavy (non-hydrogen) atoms. The lowest BCUT2D eigenvalue weighted by Gasteiger charge is -2.28. The van der Waals surface area contributed by atoms with E-state index in [-0.39, 0.29) is 23.9 Å². The molecular weight excluding hydrogens is 406 g/mol. The minimum atomic E-state index is -0.412. The van der Waals surface area contributed by atoms with E-state index in [1.165, 1.54) is 4.90 Å². The van der Waals surface area contributed by atoms with Crippen molar-refractivity contribution in [3.05, 3.63) is 41.6 Å². The van der Waals surface area contributed by atoms with Crippen molar-refractivity contribution in [2.24, 2.45) is 0 Å². The van der Waals surface area contributed by atoms with Gasteiger partial charge in [-0.3, -0.25) is 4.79 Å². The van der Waals surface area contributed by atoms with Crippen LogP contribution in [0, 0.1) is 6.92 Å². The van der Waals surface area contributed by atoms with E-state index in [0.717, 1.165) is 16.9 Å². The van der Waals surface area contributed by atoms with Crippen LogP contribution < -0.4 is 10.6 Å². The van der Waals surface area contributed by atoms with Crippen molar-refractivity contribution >= 4 is 17.8 Å². The second-order valence-electron chi connectivity index (χ2n) is 10.1. The number of carbonyl (C=O) groups excluding carboxylic acids is 2. The Bertz CT molecular complexity index is 921. The Labute approximate surface area is 191 Å². The monoisotopic (exact) mass is 443 g/mol. The maximum absolute atomic E-state index is 12.9. The second-order valence-corrected chi connectivity index (χ2v) is 10.1. The number of hydrogen-bond acceptors (Lipinski definition) is 4. The molecule has 0 unspecified atom stereocenters. The largest absolute Gasteiger partial charge is 0.383 e. The third kappa shape index (κ3) is 7.37.